The number of hydrogen-bond donors (Lipinski definition) is 0. The van der Waals surface area contributed by atoms with Crippen molar-refractivity contribution in [3.05, 3.63) is 52.8 Å². The summed E-state index contributed by atoms with van der Waals surface area (Å²) in [4.78, 5) is 4.53. The molecule has 0 atom stereocenters. The van der Waals surface area contributed by atoms with Crippen LogP contribution in [0.25, 0.3) is 22.2 Å². The topological polar surface area (TPSA) is 17.8 Å². The lowest BCUT2D eigenvalue weighted by Gasteiger charge is -2.12. The van der Waals surface area contributed by atoms with Gasteiger partial charge in [-0.05, 0) is 56.5 Å². The van der Waals surface area contributed by atoms with Crippen LogP contribution in [-0.4, -0.2) is 9.55 Å². The molecule has 20 heavy (non-hydrogen) atoms. The quantitative estimate of drug-likeness (QED) is 0.634. The van der Waals surface area contributed by atoms with Gasteiger partial charge in [0.1, 0.15) is 5.65 Å². The summed E-state index contributed by atoms with van der Waals surface area (Å²) in [5, 5.41) is 1.24. The predicted octanol–water partition coefficient (Wildman–Crippen LogP) is 4.47. The van der Waals surface area contributed by atoms with E-state index in [0.717, 1.165) is 5.65 Å². The molecule has 0 saturated carbocycles. The average molecular weight is 264 g/mol. The molecule has 0 amide bonds. The molecule has 3 rings (SSSR count). The fourth-order valence-electron chi connectivity index (χ4n) is 3.27. The van der Waals surface area contributed by atoms with Gasteiger partial charge < -0.3 is 4.57 Å². The predicted molar refractivity (Wildman–Crippen MR) is 85.1 cm³/mol. The Labute approximate surface area is 120 Å². The van der Waals surface area contributed by atoms with Crippen molar-refractivity contribution in [1.29, 1.82) is 0 Å². The van der Waals surface area contributed by atoms with Crippen molar-refractivity contribution in [3.63, 3.8) is 0 Å². The van der Waals surface area contributed by atoms with Gasteiger partial charge in [0.25, 0.3) is 0 Å². The molecule has 0 bridgehead atoms. The summed E-state index contributed by atoms with van der Waals surface area (Å²) >= 11 is 0. The van der Waals surface area contributed by atoms with Crippen molar-refractivity contribution in [1.82, 2.24) is 9.55 Å². The van der Waals surface area contributed by atoms with Crippen molar-refractivity contribution in [2.75, 3.05) is 0 Å². The van der Waals surface area contributed by atoms with Crippen LogP contribution in [0.4, 0.5) is 0 Å². The number of fused-ring (bicyclic) bond motifs is 1. The maximum absolute atomic E-state index is 4.53. The number of aromatic nitrogens is 2. The van der Waals surface area contributed by atoms with Crippen LogP contribution in [0.15, 0.2) is 30.5 Å². The third kappa shape index (κ3) is 1.75. The Kier molecular flexibility index (Phi) is 2.89. The van der Waals surface area contributed by atoms with Crippen molar-refractivity contribution in [2.45, 2.75) is 27.7 Å². The molecule has 2 heteroatoms. The van der Waals surface area contributed by atoms with E-state index in [2.05, 4.69) is 62.5 Å². The minimum atomic E-state index is 1.05. The number of benzene rings is 1. The first-order chi connectivity index (χ1) is 9.50. The summed E-state index contributed by atoms with van der Waals surface area (Å²) in [6, 6.07) is 8.71. The molecule has 2 nitrogen and oxygen atoms in total. The van der Waals surface area contributed by atoms with Gasteiger partial charge in [-0.15, -0.1) is 0 Å². The van der Waals surface area contributed by atoms with Crippen molar-refractivity contribution >= 4 is 11.0 Å². The van der Waals surface area contributed by atoms with Gasteiger partial charge >= 0.3 is 0 Å². The van der Waals surface area contributed by atoms with E-state index in [1.165, 1.54) is 38.9 Å². The van der Waals surface area contributed by atoms with Gasteiger partial charge in [-0.2, -0.15) is 0 Å². The summed E-state index contributed by atoms with van der Waals surface area (Å²) in [6.07, 6.45) is 1.86. The fourth-order valence-corrected chi connectivity index (χ4v) is 3.27. The fraction of sp³-hybridized carbons (Fsp3) is 0.278. The standard InChI is InChI=1S/C18H20N2/c1-11-9-12(2)16(13(3)10-11)17-14(4)20(5)18-15(17)7-6-8-19-18/h6-10H,1-5H3. The van der Waals surface area contributed by atoms with E-state index in [9.17, 15) is 0 Å². The lowest BCUT2D eigenvalue weighted by molar-refractivity contribution is 0.903. The summed E-state index contributed by atoms with van der Waals surface area (Å²) in [5.74, 6) is 0. The van der Waals surface area contributed by atoms with Gasteiger partial charge in [-0.3, -0.25) is 0 Å². The van der Waals surface area contributed by atoms with Gasteiger partial charge in [-0.25, -0.2) is 4.98 Å². The number of nitrogens with zero attached hydrogens (tertiary/aromatic N) is 2. The van der Waals surface area contributed by atoms with Crippen LogP contribution in [0, 0.1) is 27.7 Å². The van der Waals surface area contributed by atoms with Crippen molar-refractivity contribution < 1.29 is 0 Å². The largest absolute Gasteiger partial charge is 0.332 e. The Morgan fingerprint density at radius 2 is 1.60 bits per heavy atom. The first-order valence-corrected chi connectivity index (χ1v) is 6.99. The van der Waals surface area contributed by atoms with Crippen LogP contribution >= 0.6 is 0 Å². The lowest BCUT2D eigenvalue weighted by Crippen LogP contribution is -1.94. The molecule has 3 aromatic rings. The van der Waals surface area contributed by atoms with Gasteiger partial charge in [0, 0.05) is 29.9 Å². The Morgan fingerprint density at radius 1 is 0.950 bits per heavy atom. The number of rotatable bonds is 1. The van der Waals surface area contributed by atoms with Crippen LogP contribution < -0.4 is 0 Å². The first kappa shape index (κ1) is 12.9. The zero-order chi connectivity index (χ0) is 14.4. The molecule has 0 aliphatic rings. The second-order valence-corrected chi connectivity index (χ2v) is 5.67. The molecular weight excluding hydrogens is 244 g/mol. The second-order valence-electron chi connectivity index (χ2n) is 5.67. The van der Waals surface area contributed by atoms with E-state index in [4.69, 9.17) is 0 Å². The summed E-state index contributed by atoms with van der Waals surface area (Å²) in [5.41, 5.74) is 8.99. The van der Waals surface area contributed by atoms with Crippen LogP contribution in [0.1, 0.15) is 22.4 Å². The maximum Gasteiger partial charge on any atom is 0.140 e. The highest BCUT2D eigenvalue weighted by Gasteiger charge is 2.17. The van der Waals surface area contributed by atoms with Crippen LogP contribution in [0.5, 0.6) is 0 Å². The maximum atomic E-state index is 4.53. The van der Waals surface area contributed by atoms with E-state index in [0.29, 0.717) is 0 Å². The van der Waals surface area contributed by atoms with E-state index in [-0.39, 0.29) is 0 Å². The Balaban J connectivity index is 2.45. The van der Waals surface area contributed by atoms with Crippen molar-refractivity contribution in [2.24, 2.45) is 7.05 Å². The number of aryl methyl sites for hydroxylation is 4. The molecule has 0 fully saturated rings. The van der Waals surface area contributed by atoms with E-state index in [1.54, 1.807) is 0 Å². The molecular formula is C18H20N2. The summed E-state index contributed by atoms with van der Waals surface area (Å²) in [6.45, 7) is 8.73. The highest BCUT2D eigenvalue weighted by Crippen LogP contribution is 2.37. The Hall–Kier alpha value is -2.09. The normalized spacial score (nSPS) is 11.2. The summed E-state index contributed by atoms with van der Waals surface area (Å²) < 4.78 is 2.18. The molecule has 1 aromatic carbocycles. The molecule has 102 valence electrons. The summed E-state index contributed by atoms with van der Waals surface area (Å²) in [7, 11) is 2.09. The van der Waals surface area contributed by atoms with Gasteiger partial charge in [0.05, 0.1) is 0 Å². The molecule has 2 heterocycles. The van der Waals surface area contributed by atoms with Crippen molar-refractivity contribution in [3.8, 4) is 11.1 Å². The van der Waals surface area contributed by atoms with Gasteiger partial charge in [0.2, 0.25) is 0 Å². The molecule has 0 radical (unpaired) electrons. The molecule has 0 spiro atoms. The second kappa shape index (κ2) is 4.48. The third-order valence-electron chi connectivity index (χ3n) is 4.17. The van der Waals surface area contributed by atoms with Crippen LogP contribution in [0.3, 0.4) is 0 Å². The lowest BCUT2D eigenvalue weighted by atomic mass is 9.92. The molecule has 0 saturated heterocycles. The minimum absolute atomic E-state index is 1.05. The SMILES string of the molecule is Cc1cc(C)c(-c2c(C)n(C)c3ncccc23)c(C)c1. The van der Waals surface area contributed by atoms with E-state index < -0.39 is 0 Å². The molecule has 0 unspecified atom stereocenters. The zero-order valence-electron chi connectivity index (χ0n) is 12.8. The Bertz CT molecular complexity index is 787. The van der Waals surface area contributed by atoms with Crippen LogP contribution in [-0.2, 0) is 7.05 Å². The smallest absolute Gasteiger partial charge is 0.140 e. The molecule has 0 aliphatic heterocycles. The van der Waals surface area contributed by atoms with E-state index >= 15 is 0 Å². The first-order valence-electron chi connectivity index (χ1n) is 6.99. The highest BCUT2D eigenvalue weighted by molar-refractivity contribution is 5.97. The average Bonchev–Trinajstić information content (AvgIpc) is 2.64. The molecule has 2 aromatic heterocycles. The number of hydrogen-bond acceptors (Lipinski definition) is 1. The zero-order valence-corrected chi connectivity index (χ0v) is 12.8. The molecule has 0 N–H and O–H groups in total. The highest BCUT2D eigenvalue weighted by atomic mass is 15.0. The van der Waals surface area contributed by atoms with Gasteiger partial charge in [-0.1, -0.05) is 17.7 Å². The molecule has 0 aliphatic carbocycles. The third-order valence-corrected chi connectivity index (χ3v) is 4.17. The number of pyridine rings is 1. The monoisotopic (exact) mass is 264 g/mol. The van der Waals surface area contributed by atoms with Gasteiger partial charge in [0.15, 0.2) is 0 Å². The Morgan fingerprint density at radius 3 is 2.25 bits per heavy atom. The van der Waals surface area contributed by atoms with Crippen LogP contribution in [0.2, 0.25) is 0 Å². The minimum Gasteiger partial charge on any atom is -0.332 e. The van der Waals surface area contributed by atoms with E-state index in [1.807, 2.05) is 12.3 Å².